The minimum Gasteiger partial charge on any atom is -0.491 e. The largest absolute Gasteiger partial charge is 0.491 e. The van der Waals surface area contributed by atoms with Gasteiger partial charge in [-0.15, -0.1) is 0 Å². The molecule has 1 aliphatic rings. The average molecular weight is 235 g/mol. The van der Waals surface area contributed by atoms with Gasteiger partial charge in [-0.2, -0.15) is 0 Å². The molecule has 0 spiro atoms. The van der Waals surface area contributed by atoms with Crippen LogP contribution < -0.4 is 10.1 Å². The summed E-state index contributed by atoms with van der Waals surface area (Å²) < 4.78 is 11.4. The zero-order chi connectivity index (χ0) is 11.9. The van der Waals surface area contributed by atoms with Crippen molar-refractivity contribution in [3.8, 4) is 5.75 Å². The smallest absolute Gasteiger partial charge is 0.119 e. The highest BCUT2D eigenvalue weighted by Gasteiger charge is 2.26. The second-order valence-electron chi connectivity index (χ2n) is 4.40. The van der Waals surface area contributed by atoms with Gasteiger partial charge in [-0.1, -0.05) is 18.2 Å². The third kappa shape index (κ3) is 3.72. The monoisotopic (exact) mass is 235 g/mol. The fourth-order valence-electron chi connectivity index (χ4n) is 2.33. The molecule has 1 aromatic carbocycles. The highest BCUT2D eigenvalue weighted by atomic mass is 16.5. The van der Waals surface area contributed by atoms with E-state index >= 15 is 0 Å². The van der Waals surface area contributed by atoms with Crippen LogP contribution in [0.2, 0.25) is 0 Å². The van der Waals surface area contributed by atoms with Crippen LogP contribution in [0.4, 0.5) is 0 Å². The number of hydrogen-bond donors (Lipinski definition) is 1. The maximum absolute atomic E-state index is 5.84. The van der Waals surface area contributed by atoms with Gasteiger partial charge in [0.05, 0.1) is 12.7 Å². The van der Waals surface area contributed by atoms with E-state index in [4.69, 9.17) is 9.47 Å². The van der Waals surface area contributed by atoms with Gasteiger partial charge in [0, 0.05) is 6.04 Å². The molecule has 3 heteroatoms. The average Bonchev–Trinajstić information content (AvgIpc) is 2.83. The predicted molar refractivity (Wildman–Crippen MR) is 68.4 cm³/mol. The number of benzene rings is 1. The second-order valence-corrected chi connectivity index (χ2v) is 4.40. The number of rotatable bonds is 6. The SMILES string of the molecule is CNC1CCCC1OCCOc1ccccc1. The van der Waals surface area contributed by atoms with Crippen molar-refractivity contribution in [1.82, 2.24) is 5.32 Å². The maximum Gasteiger partial charge on any atom is 0.119 e. The van der Waals surface area contributed by atoms with Crippen LogP contribution in [0, 0.1) is 0 Å². The van der Waals surface area contributed by atoms with Crippen molar-refractivity contribution in [3.05, 3.63) is 30.3 Å². The second kappa shape index (κ2) is 6.62. The first-order valence-corrected chi connectivity index (χ1v) is 6.37. The lowest BCUT2D eigenvalue weighted by molar-refractivity contribution is 0.0242. The summed E-state index contributed by atoms with van der Waals surface area (Å²) >= 11 is 0. The van der Waals surface area contributed by atoms with Gasteiger partial charge in [-0.25, -0.2) is 0 Å². The summed E-state index contributed by atoms with van der Waals surface area (Å²) in [4.78, 5) is 0. The molecular weight excluding hydrogens is 214 g/mol. The zero-order valence-corrected chi connectivity index (χ0v) is 10.4. The molecule has 0 aromatic heterocycles. The molecule has 0 amide bonds. The van der Waals surface area contributed by atoms with Crippen molar-refractivity contribution in [2.75, 3.05) is 20.3 Å². The summed E-state index contributed by atoms with van der Waals surface area (Å²) in [5, 5.41) is 3.31. The number of ether oxygens (including phenoxy) is 2. The molecule has 0 bridgehead atoms. The molecule has 1 aromatic rings. The molecule has 0 saturated heterocycles. The summed E-state index contributed by atoms with van der Waals surface area (Å²) in [6.45, 7) is 1.29. The summed E-state index contributed by atoms with van der Waals surface area (Å²) in [6, 6.07) is 10.4. The van der Waals surface area contributed by atoms with Crippen LogP contribution in [0.15, 0.2) is 30.3 Å². The van der Waals surface area contributed by atoms with Crippen LogP contribution in [0.3, 0.4) is 0 Å². The molecule has 0 heterocycles. The maximum atomic E-state index is 5.84. The van der Waals surface area contributed by atoms with Gasteiger partial charge in [-0.3, -0.25) is 0 Å². The Morgan fingerprint density at radius 3 is 2.76 bits per heavy atom. The molecule has 2 atom stereocenters. The first-order valence-electron chi connectivity index (χ1n) is 6.37. The Bertz CT molecular complexity index is 315. The van der Waals surface area contributed by atoms with E-state index in [-0.39, 0.29) is 0 Å². The van der Waals surface area contributed by atoms with Crippen molar-refractivity contribution < 1.29 is 9.47 Å². The summed E-state index contributed by atoms with van der Waals surface area (Å²) in [5.41, 5.74) is 0. The third-order valence-electron chi connectivity index (χ3n) is 3.25. The van der Waals surface area contributed by atoms with E-state index in [0.717, 1.165) is 12.2 Å². The molecule has 3 nitrogen and oxygen atoms in total. The molecule has 0 aliphatic heterocycles. The fraction of sp³-hybridized carbons (Fsp3) is 0.571. The quantitative estimate of drug-likeness (QED) is 0.767. The van der Waals surface area contributed by atoms with Gasteiger partial charge >= 0.3 is 0 Å². The number of para-hydroxylation sites is 1. The third-order valence-corrected chi connectivity index (χ3v) is 3.25. The molecular formula is C14H21NO2. The van der Waals surface area contributed by atoms with E-state index in [0.29, 0.717) is 25.4 Å². The molecule has 1 N–H and O–H groups in total. The molecule has 1 fully saturated rings. The van der Waals surface area contributed by atoms with Crippen molar-refractivity contribution in [2.24, 2.45) is 0 Å². The van der Waals surface area contributed by atoms with E-state index in [1.54, 1.807) is 0 Å². The summed E-state index contributed by atoms with van der Waals surface area (Å²) in [6.07, 6.45) is 4.01. The topological polar surface area (TPSA) is 30.5 Å². The van der Waals surface area contributed by atoms with E-state index in [1.165, 1.54) is 12.8 Å². The van der Waals surface area contributed by atoms with Gasteiger partial charge in [0.15, 0.2) is 0 Å². The van der Waals surface area contributed by atoms with Crippen LogP contribution >= 0.6 is 0 Å². The Labute approximate surface area is 103 Å². The normalized spacial score (nSPS) is 23.8. The van der Waals surface area contributed by atoms with Crippen LogP contribution in [0.5, 0.6) is 5.75 Å². The van der Waals surface area contributed by atoms with Crippen LogP contribution in [0.25, 0.3) is 0 Å². The van der Waals surface area contributed by atoms with E-state index in [1.807, 2.05) is 37.4 Å². The van der Waals surface area contributed by atoms with Crippen LogP contribution in [-0.2, 0) is 4.74 Å². The Balaban J connectivity index is 1.63. The first-order chi connectivity index (χ1) is 8.40. The fourth-order valence-corrected chi connectivity index (χ4v) is 2.33. The van der Waals surface area contributed by atoms with Gasteiger partial charge < -0.3 is 14.8 Å². The molecule has 2 unspecified atom stereocenters. The predicted octanol–water partition coefficient (Wildman–Crippen LogP) is 2.22. The Morgan fingerprint density at radius 2 is 2.00 bits per heavy atom. The molecule has 2 rings (SSSR count). The van der Waals surface area contributed by atoms with E-state index in [2.05, 4.69) is 5.32 Å². The van der Waals surface area contributed by atoms with Crippen LogP contribution in [0.1, 0.15) is 19.3 Å². The number of hydrogen-bond acceptors (Lipinski definition) is 3. The lowest BCUT2D eigenvalue weighted by Gasteiger charge is -2.19. The molecule has 94 valence electrons. The minimum atomic E-state index is 0.361. The van der Waals surface area contributed by atoms with Crippen molar-refractivity contribution in [2.45, 2.75) is 31.4 Å². The van der Waals surface area contributed by atoms with Gasteiger partial charge in [0.25, 0.3) is 0 Å². The number of likely N-dealkylation sites (N-methyl/N-ethyl adjacent to an activating group) is 1. The van der Waals surface area contributed by atoms with Crippen molar-refractivity contribution in [3.63, 3.8) is 0 Å². The molecule has 0 radical (unpaired) electrons. The minimum absolute atomic E-state index is 0.361. The van der Waals surface area contributed by atoms with Crippen molar-refractivity contribution >= 4 is 0 Å². The van der Waals surface area contributed by atoms with Gasteiger partial charge in [0.1, 0.15) is 12.4 Å². The number of nitrogens with one attached hydrogen (secondary N) is 1. The van der Waals surface area contributed by atoms with E-state index < -0.39 is 0 Å². The Hall–Kier alpha value is -1.06. The lowest BCUT2D eigenvalue weighted by atomic mass is 10.2. The Morgan fingerprint density at radius 1 is 1.18 bits per heavy atom. The van der Waals surface area contributed by atoms with Gasteiger partial charge in [0.2, 0.25) is 0 Å². The van der Waals surface area contributed by atoms with Crippen LogP contribution in [-0.4, -0.2) is 32.4 Å². The summed E-state index contributed by atoms with van der Waals surface area (Å²) in [7, 11) is 2.01. The Kier molecular flexibility index (Phi) is 4.83. The summed E-state index contributed by atoms with van der Waals surface area (Å²) in [5.74, 6) is 0.910. The molecule has 1 saturated carbocycles. The van der Waals surface area contributed by atoms with Crippen molar-refractivity contribution in [1.29, 1.82) is 0 Å². The van der Waals surface area contributed by atoms with E-state index in [9.17, 15) is 0 Å². The molecule has 17 heavy (non-hydrogen) atoms. The highest BCUT2D eigenvalue weighted by Crippen LogP contribution is 2.21. The lowest BCUT2D eigenvalue weighted by Crippen LogP contribution is -2.35. The first kappa shape index (κ1) is 12.4. The standard InChI is InChI=1S/C14H21NO2/c1-15-13-8-5-9-14(13)17-11-10-16-12-6-3-2-4-7-12/h2-4,6-7,13-15H,5,8-11H2,1H3. The highest BCUT2D eigenvalue weighted by molar-refractivity contribution is 5.20. The zero-order valence-electron chi connectivity index (χ0n) is 10.4. The molecule has 1 aliphatic carbocycles. The van der Waals surface area contributed by atoms with Gasteiger partial charge in [-0.05, 0) is 38.4 Å².